The summed E-state index contributed by atoms with van der Waals surface area (Å²) in [6.45, 7) is 2.62. The lowest BCUT2D eigenvalue weighted by atomic mass is 10.0. The molecule has 0 bridgehead atoms. The molecule has 15 heavy (non-hydrogen) atoms. The van der Waals surface area contributed by atoms with E-state index in [4.69, 9.17) is 15.7 Å². The quantitative estimate of drug-likeness (QED) is 0.801. The van der Waals surface area contributed by atoms with Gasteiger partial charge >= 0.3 is 0 Å². The van der Waals surface area contributed by atoms with Crippen LogP contribution in [0.15, 0.2) is 24.3 Å². The highest BCUT2D eigenvalue weighted by Gasteiger charge is 2.05. The summed E-state index contributed by atoms with van der Waals surface area (Å²) in [6, 6.07) is 9.76. The number of rotatable bonds is 5. The van der Waals surface area contributed by atoms with Crippen molar-refractivity contribution in [2.24, 2.45) is 5.73 Å². The van der Waals surface area contributed by atoms with Crippen LogP contribution in [0, 0.1) is 11.3 Å². The summed E-state index contributed by atoms with van der Waals surface area (Å²) < 4.78 is 5.33. The number of hydrogen-bond donors (Lipinski definition) is 1. The lowest BCUT2D eigenvalue weighted by Gasteiger charge is -2.10. The molecule has 0 aromatic heterocycles. The van der Waals surface area contributed by atoms with Crippen molar-refractivity contribution in [1.82, 2.24) is 0 Å². The summed E-state index contributed by atoms with van der Waals surface area (Å²) >= 11 is 0. The van der Waals surface area contributed by atoms with Gasteiger partial charge in [0.1, 0.15) is 5.75 Å². The third kappa shape index (κ3) is 3.61. The highest BCUT2D eigenvalue weighted by Crippen LogP contribution is 2.19. The molecule has 0 aliphatic heterocycles. The SMILES string of the molecule is CCOc1ccc(C(N)CCC#N)cc1. The summed E-state index contributed by atoms with van der Waals surface area (Å²) in [5, 5.41) is 8.45. The molecule has 0 amide bonds. The summed E-state index contributed by atoms with van der Waals surface area (Å²) in [4.78, 5) is 0. The van der Waals surface area contributed by atoms with E-state index in [1.807, 2.05) is 31.2 Å². The van der Waals surface area contributed by atoms with Crippen LogP contribution in [-0.2, 0) is 0 Å². The molecule has 0 saturated heterocycles. The monoisotopic (exact) mass is 204 g/mol. The topological polar surface area (TPSA) is 59.0 Å². The Bertz CT molecular complexity index is 326. The summed E-state index contributed by atoms with van der Waals surface area (Å²) in [5.41, 5.74) is 6.96. The van der Waals surface area contributed by atoms with Crippen molar-refractivity contribution < 1.29 is 4.74 Å². The average Bonchev–Trinajstić information content (AvgIpc) is 2.27. The lowest BCUT2D eigenvalue weighted by Crippen LogP contribution is -2.09. The van der Waals surface area contributed by atoms with Gasteiger partial charge in [-0.05, 0) is 31.0 Å². The van der Waals surface area contributed by atoms with E-state index in [1.165, 1.54) is 0 Å². The maximum atomic E-state index is 8.45. The molecule has 1 rings (SSSR count). The van der Waals surface area contributed by atoms with Crippen LogP contribution in [0.1, 0.15) is 31.4 Å². The maximum absolute atomic E-state index is 8.45. The van der Waals surface area contributed by atoms with Crippen molar-refractivity contribution in [3.8, 4) is 11.8 Å². The van der Waals surface area contributed by atoms with Gasteiger partial charge in [0.05, 0.1) is 12.7 Å². The Labute approximate surface area is 90.5 Å². The molecule has 1 unspecified atom stereocenters. The van der Waals surface area contributed by atoms with E-state index in [0.29, 0.717) is 19.4 Å². The van der Waals surface area contributed by atoms with Crippen molar-refractivity contribution in [3.05, 3.63) is 29.8 Å². The number of nitrogens with two attached hydrogens (primary N) is 1. The molecule has 1 atom stereocenters. The Morgan fingerprint density at radius 2 is 2.07 bits per heavy atom. The maximum Gasteiger partial charge on any atom is 0.119 e. The van der Waals surface area contributed by atoms with Crippen LogP contribution in [0.25, 0.3) is 0 Å². The fourth-order valence-electron chi connectivity index (χ4n) is 1.36. The van der Waals surface area contributed by atoms with Crippen molar-refractivity contribution in [3.63, 3.8) is 0 Å². The first-order valence-electron chi connectivity index (χ1n) is 5.13. The molecule has 0 saturated carbocycles. The zero-order valence-corrected chi connectivity index (χ0v) is 8.94. The summed E-state index contributed by atoms with van der Waals surface area (Å²) in [7, 11) is 0. The van der Waals surface area contributed by atoms with E-state index in [9.17, 15) is 0 Å². The number of nitrogens with zero attached hydrogens (tertiary/aromatic N) is 1. The van der Waals surface area contributed by atoms with Crippen LogP contribution >= 0.6 is 0 Å². The molecule has 2 N–H and O–H groups in total. The minimum Gasteiger partial charge on any atom is -0.494 e. The second-order valence-electron chi connectivity index (χ2n) is 3.31. The normalized spacial score (nSPS) is 11.8. The number of nitriles is 1. The molecule has 0 aliphatic rings. The van der Waals surface area contributed by atoms with Gasteiger partial charge in [0.25, 0.3) is 0 Å². The highest BCUT2D eigenvalue weighted by molar-refractivity contribution is 5.29. The molecule has 0 heterocycles. The predicted molar refractivity (Wildman–Crippen MR) is 59.4 cm³/mol. The third-order valence-corrected chi connectivity index (χ3v) is 2.19. The van der Waals surface area contributed by atoms with Crippen LogP contribution in [-0.4, -0.2) is 6.61 Å². The Hall–Kier alpha value is -1.53. The van der Waals surface area contributed by atoms with Crippen LogP contribution < -0.4 is 10.5 Å². The van der Waals surface area contributed by atoms with Crippen molar-refractivity contribution in [1.29, 1.82) is 5.26 Å². The summed E-state index contributed by atoms with van der Waals surface area (Å²) in [6.07, 6.45) is 1.19. The second kappa shape index (κ2) is 6.05. The Morgan fingerprint density at radius 1 is 1.40 bits per heavy atom. The Balaban J connectivity index is 2.59. The van der Waals surface area contributed by atoms with Gasteiger partial charge < -0.3 is 10.5 Å². The predicted octanol–water partition coefficient (Wildman–Crippen LogP) is 2.39. The fourth-order valence-corrected chi connectivity index (χ4v) is 1.36. The fraction of sp³-hybridized carbons (Fsp3) is 0.417. The van der Waals surface area contributed by atoms with Gasteiger partial charge in [-0.25, -0.2) is 0 Å². The zero-order valence-electron chi connectivity index (χ0n) is 8.94. The molecule has 0 aliphatic carbocycles. The molecule has 0 spiro atoms. The Kier molecular flexibility index (Phi) is 4.65. The minimum atomic E-state index is -0.0553. The van der Waals surface area contributed by atoms with E-state index >= 15 is 0 Å². The molecular formula is C12H16N2O. The molecule has 3 heteroatoms. The van der Waals surface area contributed by atoms with Gasteiger partial charge in [-0.3, -0.25) is 0 Å². The first-order valence-corrected chi connectivity index (χ1v) is 5.13. The largest absolute Gasteiger partial charge is 0.494 e. The van der Waals surface area contributed by atoms with E-state index in [2.05, 4.69) is 6.07 Å². The van der Waals surface area contributed by atoms with Gasteiger partial charge in [-0.1, -0.05) is 12.1 Å². The first kappa shape index (κ1) is 11.5. The minimum absolute atomic E-state index is 0.0553. The van der Waals surface area contributed by atoms with Gasteiger partial charge in [-0.2, -0.15) is 5.26 Å². The van der Waals surface area contributed by atoms with Crippen LogP contribution in [0.2, 0.25) is 0 Å². The molecule has 80 valence electrons. The van der Waals surface area contributed by atoms with Gasteiger partial charge in [-0.15, -0.1) is 0 Å². The zero-order chi connectivity index (χ0) is 11.1. The lowest BCUT2D eigenvalue weighted by molar-refractivity contribution is 0.340. The van der Waals surface area contributed by atoms with Crippen LogP contribution in [0.4, 0.5) is 0 Å². The van der Waals surface area contributed by atoms with E-state index < -0.39 is 0 Å². The van der Waals surface area contributed by atoms with Gasteiger partial charge in [0.2, 0.25) is 0 Å². The van der Waals surface area contributed by atoms with E-state index in [1.54, 1.807) is 0 Å². The molecule has 3 nitrogen and oxygen atoms in total. The van der Waals surface area contributed by atoms with Crippen molar-refractivity contribution >= 4 is 0 Å². The number of ether oxygens (including phenoxy) is 1. The first-order chi connectivity index (χ1) is 7.27. The number of benzene rings is 1. The summed E-state index contributed by atoms with van der Waals surface area (Å²) in [5.74, 6) is 0.855. The standard InChI is InChI=1S/C12H16N2O/c1-2-15-11-7-5-10(6-8-11)12(14)4-3-9-13/h5-8,12H,2-4,14H2,1H3. The second-order valence-corrected chi connectivity index (χ2v) is 3.31. The van der Waals surface area contributed by atoms with Crippen LogP contribution in [0.5, 0.6) is 5.75 Å². The molecule has 0 radical (unpaired) electrons. The molecule has 0 fully saturated rings. The molecule has 1 aromatic carbocycles. The van der Waals surface area contributed by atoms with Gasteiger partial charge in [0, 0.05) is 12.5 Å². The molecule has 1 aromatic rings. The van der Waals surface area contributed by atoms with Crippen molar-refractivity contribution in [2.75, 3.05) is 6.61 Å². The van der Waals surface area contributed by atoms with E-state index in [0.717, 1.165) is 11.3 Å². The number of hydrogen-bond acceptors (Lipinski definition) is 3. The van der Waals surface area contributed by atoms with Gasteiger partial charge in [0.15, 0.2) is 0 Å². The van der Waals surface area contributed by atoms with Crippen LogP contribution in [0.3, 0.4) is 0 Å². The average molecular weight is 204 g/mol. The Morgan fingerprint density at radius 3 is 2.60 bits per heavy atom. The third-order valence-electron chi connectivity index (χ3n) is 2.19. The van der Waals surface area contributed by atoms with Crippen molar-refractivity contribution in [2.45, 2.75) is 25.8 Å². The highest BCUT2D eigenvalue weighted by atomic mass is 16.5. The smallest absolute Gasteiger partial charge is 0.119 e. The molecular weight excluding hydrogens is 188 g/mol. The van der Waals surface area contributed by atoms with E-state index in [-0.39, 0.29) is 6.04 Å².